The predicted molar refractivity (Wildman–Crippen MR) is 72.5 cm³/mol. The summed E-state index contributed by atoms with van der Waals surface area (Å²) in [5, 5.41) is 24.6. The number of hydrogen-bond donors (Lipinski definition) is 1. The molecule has 0 fully saturated rings. The van der Waals surface area contributed by atoms with Gasteiger partial charge in [-0.2, -0.15) is 0 Å². The molecule has 0 radical (unpaired) electrons. The van der Waals surface area contributed by atoms with Crippen LogP contribution in [-0.2, 0) is 0 Å². The quantitative estimate of drug-likeness (QED) is 0.677. The summed E-state index contributed by atoms with van der Waals surface area (Å²) in [5.41, 5.74) is 0.0616. The van der Waals surface area contributed by atoms with Gasteiger partial charge in [0.1, 0.15) is 5.82 Å². The van der Waals surface area contributed by atoms with Crippen molar-refractivity contribution in [2.75, 3.05) is 12.4 Å². The maximum Gasteiger partial charge on any atom is 0.295 e. The van der Waals surface area contributed by atoms with Crippen LogP contribution >= 0.6 is 0 Å². The Morgan fingerprint density at radius 1 is 1.10 bits per heavy atom. The molecule has 8 nitrogen and oxygen atoms in total. The van der Waals surface area contributed by atoms with Gasteiger partial charge in [-0.15, -0.1) is 0 Å². The number of rotatable bonds is 4. The largest absolute Gasteiger partial charge is 0.373 e. The van der Waals surface area contributed by atoms with E-state index in [-0.39, 0.29) is 17.1 Å². The summed E-state index contributed by atoms with van der Waals surface area (Å²) in [4.78, 5) is 24.8. The summed E-state index contributed by atoms with van der Waals surface area (Å²) in [5.74, 6) is 0.442. The number of aromatic nitrogens is 1. The lowest BCUT2D eigenvalue weighted by Crippen LogP contribution is -1.99. The van der Waals surface area contributed by atoms with Crippen molar-refractivity contribution < 1.29 is 9.85 Å². The van der Waals surface area contributed by atoms with Gasteiger partial charge < -0.3 is 5.32 Å². The third kappa shape index (κ3) is 2.53. The van der Waals surface area contributed by atoms with E-state index in [1.807, 2.05) is 0 Å². The predicted octanol–water partition coefficient (Wildman–Crippen LogP) is 2.61. The topological polar surface area (TPSA) is 111 Å². The van der Waals surface area contributed by atoms with Gasteiger partial charge in [0.2, 0.25) is 0 Å². The Labute approximate surface area is 113 Å². The van der Waals surface area contributed by atoms with Gasteiger partial charge in [0.15, 0.2) is 5.69 Å². The van der Waals surface area contributed by atoms with Gasteiger partial charge in [0, 0.05) is 30.8 Å². The summed E-state index contributed by atoms with van der Waals surface area (Å²) >= 11 is 0. The highest BCUT2D eigenvalue weighted by atomic mass is 16.6. The molecule has 0 amide bonds. The number of anilines is 1. The number of nitrogens with zero attached hydrogens (tertiary/aromatic N) is 3. The van der Waals surface area contributed by atoms with Gasteiger partial charge in [-0.05, 0) is 6.07 Å². The van der Waals surface area contributed by atoms with Crippen LogP contribution in [0.25, 0.3) is 11.3 Å². The number of nitro benzene ring substituents is 1. The summed E-state index contributed by atoms with van der Waals surface area (Å²) < 4.78 is 0. The Hall–Kier alpha value is -3.03. The smallest absolute Gasteiger partial charge is 0.295 e. The Morgan fingerprint density at radius 2 is 1.85 bits per heavy atom. The first-order chi connectivity index (χ1) is 9.52. The molecule has 8 heteroatoms. The van der Waals surface area contributed by atoms with Crippen LogP contribution in [0.15, 0.2) is 36.4 Å². The Bertz CT molecular complexity index is 687. The Kier molecular flexibility index (Phi) is 3.56. The SMILES string of the molecule is CNc1ccc([N+](=O)[O-])c(-c2cccc([N+](=O)[O-])c2)n1. The van der Waals surface area contributed by atoms with Crippen LogP contribution < -0.4 is 5.32 Å². The van der Waals surface area contributed by atoms with Crippen LogP contribution in [0.3, 0.4) is 0 Å². The first-order valence-corrected chi connectivity index (χ1v) is 5.61. The first kappa shape index (κ1) is 13.4. The molecule has 2 rings (SSSR count). The van der Waals surface area contributed by atoms with E-state index in [4.69, 9.17) is 0 Å². The summed E-state index contributed by atoms with van der Waals surface area (Å²) in [7, 11) is 1.63. The fraction of sp³-hybridized carbons (Fsp3) is 0.0833. The van der Waals surface area contributed by atoms with Crippen molar-refractivity contribution in [2.45, 2.75) is 0 Å². The second kappa shape index (κ2) is 5.31. The van der Waals surface area contributed by atoms with Gasteiger partial charge in [0.25, 0.3) is 11.4 Å². The van der Waals surface area contributed by atoms with Crippen LogP contribution in [0.1, 0.15) is 0 Å². The van der Waals surface area contributed by atoms with Crippen molar-refractivity contribution in [3.63, 3.8) is 0 Å². The second-order valence-electron chi connectivity index (χ2n) is 3.88. The average Bonchev–Trinajstić information content (AvgIpc) is 2.46. The van der Waals surface area contributed by atoms with Crippen molar-refractivity contribution in [3.8, 4) is 11.3 Å². The highest BCUT2D eigenvalue weighted by Crippen LogP contribution is 2.31. The highest BCUT2D eigenvalue weighted by Gasteiger charge is 2.19. The van der Waals surface area contributed by atoms with E-state index in [1.54, 1.807) is 13.1 Å². The minimum Gasteiger partial charge on any atom is -0.373 e. The molecular weight excluding hydrogens is 264 g/mol. The number of nitro groups is 2. The lowest BCUT2D eigenvalue weighted by atomic mass is 10.1. The average molecular weight is 274 g/mol. The lowest BCUT2D eigenvalue weighted by Gasteiger charge is -2.05. The van der Waals surface area contributed by atoms with Crippen molar-refractivity contribution in [1.29, 1.82) is 0 Å². The molecule has 2 aromatic rings. The zero-order valence-electron chi connectivity index (χ0n) is 10.4. The van der Waals surface area contributed by atoms with Gasteiger partial charge in [0.05, 0.1) is 9.85 Å². The molecule has 102 valence electrons. The minimum absolute atomic E-state index is 0.0885. The van der Waals surface area contributed by atoms with E-state index in [9.17, 15) is 20.2 Å². The monoisotopic (exact) mass is 274 g/mol. The van der Waals surface area contributed by atoms with Gasteiger partial charge >= 0.3 is 0 Å². The molecule has 20 heavy (non-hydrogen) atoms. The van der Waals surface area contributed by atoms with Gasteiger partial charge in [-0.3, -0.25) is 20.2 Å². The maximum absolute atomic E-state index is 11.0. The third-order valence-electron chi connectivity index (χ3n) is 2.66. The number of benzene rings is 1. The van der Waals surface area contributed by atoms with Crippen molar-refractivity contribution in [1.82, 2.24) is 4.98 Å². The van der Waals surface area contributed by atoms with Crippen LogP contribution in [0.2, 0.25) is 0 Å². The summed E-state index contributed by atoms with van der Waals surface area (Å²) in [6.07, 6.45) is 0. The zero-order valence-corrected chi connectivity index (χ0v) is 10.4. The molecule has 0 saturated carbocycles. The first-order valence-electron chi connectivity index (χ1n) is 5.61. The van der Waals surface area contributed by atoms with Crippen LogP contribution in [0.4, 0.5) is 17.2 Å². The van der Waals surface area contributed by atoms with E-state index < -0.39 is 9.85 Å². The number of pyridine rings is 1. The molecule has 1 aromatic heterocycles. The molecule has 0 aliphatic rings. The summed E-state index contributed by atoms with van der Waals surface area (Å²) in [6, 6.07) is 8.37. The molecule has 0 atom stereocenters. The van der Waals surface area contributed by atoms with Gasteiger partial charge in [-0.25, -0.2) is 4.98 Å². The van der Waals surface area contributed by atoms with E-state index in [0.717, 1.165) is 0 Å². The second-order valence-corrected chi connectivity index (χ2v) is 3.88. The normalized spacial score (nSPS) is 10.1. The molecule has 0 aliphatic heterocycles. The van der Waals surface area contributed by atoms with E-state index in [2.05, 4.69) is 10.3 Å². The number of non-ortho nitro benzene ring substituents is 1. The van der Waals surface area contributed by atoms with Crippen LogP contribution in [-0.4, -0.2) is 21.9 Å². The molecule has 0 aliphatic carbocycles. The van der Waals surface area contributed by atoms with Crippen LogP contribution in [0, 0.1) is 20.2 Å². The molecule has 1 aromatic carbocycles. The molecule has 1 heterocycles. The number of nitrogens with one attached hydrogen (secondary N) is 1. The fourth-order valence-electron chi connectivity index (χ4n) is 1.72. The zero-order chi connectivity index (χ0) is 14.7. The molecular formula is C12H10N4O4. The van der Waals surface area contributed by atoms with Crippen molar-refractivity contribution >= 4 is 17.2 Å². The Morgan fingerprint density at radius 3 is 2.45 bits per heavy atom. The fourth-order valence-corrected chi connectivity index (χ4v) is 1.72. The number of hydrogen-bond acceptors (Lipinski definition) is 6. The molecule has 0 unspecified atom stereocenters. The van der Waals surface area contributed by atoms with Crippen molar-refractivity contribution in [3.05, 3.63) is 56.6 Å². The molecule has 1 N–H and O–H groups in total. The summed E-state index contributed by atoms with van der Waals surface area (Å²) in [6.45, 7) is 0. The molecule has 0 spiro atoms. The highest BCUT2D eigenvalue weighted by molar-refractivity contribution is 5.72. The molecule has 0 bridgehead atoms. The van der Waals surface area contributed by atoms with Crippen LogP contribution in [0.5, 0.6) is 0 Å². The van der Waals surface area contributed by atoms with E-state index in [0.29, 0.717) is 11.4 Å². The lowest BCUT2D eigenvalue weighted by molar-refractivity contribution is -0.385. The third-order valence-corrected chi connectivity index (χ3v) is 2.66. The van der Waals surface area contributed by atoms with Crippen molar-refractivity contribution in [2.24, 2.45) is 0 Å². The van der Waals surface area contributed by atoms with E-state index >= 15 is 0 Å². The maximum atomic E-state index is 11.0. The minimum atomic E-state index is -0.569. The Balaban J connectivity index is 2.63. The van der Waals surface area contributed by atoms with E-state index in [1.165, 1.54) is 30.3 Å². The standard InChI is InChI=1S/C12H10N4O4/c1-13-11-6-5-10(16(19)20)12(14-11)8-3-2-4-9(7-8)15(17)18/h2-7H,1H3,(H,13,14). The van der Waals surface area contributed by atoms with Gasteiger partial charge in [-0.1, -0.05) is 12.1 Å². The molecule has 0 saturated heterocycles.